The molecular formula is C25H28ClN7O. The van der Waals surface area contributed by atoms with Gasteiger partial charge in [0, 0.05) is 43.5 Å². The second kappa shape index (κ2) is 9.69. The van der Waals surface area contributed by atoms with E-state index in [9.17, 15) is 4.79 Å². The first-order valence-corrected chi connectivity index (χ1v) is 11.2. The third-order valence-corrected chi connectivity index (χ3v) is 6.07. The largest absolute Gasteiger partial charge is 0.384 e. The number of fused-ring (bicyclic) bond motifs is 1. The number of pyridine rings is 2. The summed E-state index contributed by atoms with van der Waals surface area (Å²) in [5.74, 6) is 0.197. The number of nitrogens with one attached hydrogen (secondary N) is 1. The number of anilines is 3. The molecule has 3 aromatic heterocycles. The fourth-order valence-corrected chi connectivity index (χ4v) is 4.36. The number of carbonyl (C=O) groups is 1. The SMILES string of the molecule is Cc1ccc(C(=O)Nc2cc3cn(C)nc3cc2N2CCCCC2)nc1-c1ccc(N)nc1.Cl. The van der Waals surface area contributed by atoms with Crippen LogP contribution in [-0.4, -0.2) is 38.7 Å². The van der Waals surface area contributed by atoms with Crippen molar-refractivity contribution in [3.8, 4) is 11.3 Å². The molecule has 0 radical (unpaired) electrons. The van der Waals surface area contributed by atoms with Crippen molar-refractivity contribution in [3.05, 3.63) is 60.0 Å². The van der Waals surface area contributed by atoms with E-state index in [4.69, 9.17) is 5.73 Å². The number of benzene rings is 1. The Morgan fingerprint density at radius 3 is 2.62 bits per heavy atom. The minimum atomic E-state index is -0.249. The van der Waals surface area contributed by atoms with Crippen LogP contribution in [0.2, 0.25) is 0 Å². The highest BCUT2D eigenvalue weighted by molar-refractivity contribution is 6.06. The van der Waals surface area contributed by atoms with E-state index in [2.05, 4.69) is 31.3 Å². The van der Waals surface area contributed by atoms with Crippen molar-refractivity contribution in [1.29, 1.82) is 0 Å². The minimum Gasteiger partial charge on any atom is -0.384 e. The van der Waals surface area contributed by atoms with Gasteiger partial charge in [-0.3, -0.25) is 9.48 Å². The van der Waals surface area contributed by atoms with Gasteiger partial charge in [-0.1, -0.05) is 6.07 Å². The van der Waals surface area contributed by atoms with Gasteiger partial charge < -0.3 is 16.0 Å². The van der Waals surface area contributed by atoms with Crippen molar-refractivity contribution in [2.24, 2.45) is 7.05 Å². The summed E-state index contributed by atoms with van der Waals surface area (Å²) >= 11 is 0. The van der Waals surface area contributed by atoms with Crippen molar-refractivity contribution in [2.75, 3.05) is 29.0 Å². The summed E-state index contributed by atoms with van der Waals surface area (Å²) in [6.45, 7) is 3.90. The van der Waals surface area contributed by atoms with Crippen molar-refractivity contribution in [2.45, 2.75) is 26.2 Å². The zero-order valence-corrected chi connectivity index (χ0v) is 20.1. The monoisotopic (exact) mass is 477 g/mol. The zero-order valence-electron chi connectivity index (χ0n) is 19.3. The molecule has 5 rings (SSSR count). The highest BCUT2D eigenvalue weighted by Gasteiger charge is 2.19. The number of carbonyl (C=O) groups excluding carboxylic acids is 1. The third-order valence-electron chi connectivity index (χ3n) is 6.07. The molecule has 4 heterocycles. The molecule has 0 saturated carbocycles. The lowest BCUT2D eigenvalue weighted by molar-refractivity contribution is 0.102. The number of halogens is 1. The number of nitrogen functional groups attached to an aromatic ring is 1. The lowest BCUT2D eigenvalue weighted by Crippen LogP contribution is -2.30. The lowest BCUT2D eigenvalue weighted by atomic mass is 10.1. The van der Waals surface area contributed by atoms with Gasteiger partial charge in [0.05, 0.1) is 22.6 Å². The Bertz CT molecular complexity index is 1330. The van der Waals surface area contributed by atoms with Crippen molar-refractivity contribution in [3.63, 3.8) is 0 Å². The Morgan fingerprint density at radius 1 is 1.09 bits per heavy atom. The molecule has 9 heteroatoms. The second-order valence-corrected chi connectivity index (χ2v) is 8.57. The molecule has 8 nitrogen and oxygen atoms in total. The van der Waals surface area contributed by atoms with Gasteiger partial charge in [0.1, 0.15) is 11.5 Å². The van der Waals surface area contributed by atoms with Gasteiger partial charge in [0.2, 0.25) is 0 Å². The Labute approximate surface area is 204 Å². The van der Waals surface area contributed by atoms with Crippen LogP contribution in [0.25, 0.3) is 22.2 Å². The number of nitrogens with two attached hydrogens (primary N) is 1. The van der Waals surface area contributed by atoms with E-state index in [0.29, 0.717) is 17.2 Å². The van der Waals surface area contributed by atoms with Gasteiger partial charge >= 0.3 is 0 Å². The molecule has 1 aliphatic rings. The molecule has 1 aromatic carbocycles. The van der Waals surface area contributed by atoms with Crippen LogP contribution in [0.4, 0.5) is 17.2 Å². The van der Waals surface area contributed by atoms with Crippen LogP contribution in [0.15, 0.2) is 48.8 Å². The molecule has 0 unspecified atom stereocenters. The summed E-state index contributed by atoms with van der Waals surface area (Å²) in [4.78, 5) is 24.4. The number of amides is 1. The first-order valence-electron chi connectivity index (χ1n) is 11.2. The van der Waals surface area contributed by atoms with E-state index in [-0.39, 0.29) is 18.3 Å². The highest BCUT2D eigenvalue weighted by atomic mass is 35.5. The molecule has 0 bridgehead atoms. The topological polar surface area (TPSA) is 102 Å². The van der Waals surface area contributed by atoms with E-state index in [1.807, 2.05) is 38.4 Å². The predicted octanol–water partition coefficient (Wildman–Crippen LogP) is 4.59. The van der Waals surface area contributed by atoms with Gasteiger partial charge in [0.15, 0.2) is 0 Å². The first kappa shape index (κ1) is 23.5. The van der Waals surface area contributed by atoms with Crippen LogP contribution in [-0.2, 0) is 7.05 Å². The maximum absolute atomic E-state index is 13.3. The summed E-state index contributed by atoms with van der Waals surface area (Å²) in [7, 11) is 1.91. The van der Waals surface area contributed by atoms with E-state index < -0.39 is 0 Å². The Morgan fingerprint density at radius 2 is 1.88 bits per heavy atom. The Kier molecular flexibility index (Phi) is 6.70. The maximum atomic E-state index is 13.3. The van der Waals surface area contributed by atoms with E-state index in [0.717, 1.165) is 59.3 Å². The van der Waals surface area contributed by atoms with Crippen LogP contribution in [0.1, 0.15) is 35.3 Å². The number of piperidine rings is 1. The molecule has 0 spiro atoms. The molecule has 0 atom stereocenters. The number of aromatic nitrogens is 4. The predicted molar refractivity (Wildman–Crippen MR) is 139 cm³/mol. The molecule has 0 aliphatic carbocycles. The van der Waals surface area contributed by atoms with Gasteiger partial charge in [-0.15, -0.1) is 12.4 Å². The minimum absolute atomic E-state index is 0. The maximum Gasteiger partial charge on any atom is 0.274 e. The molecule has 176 valence electrons. The molecule has 1 fully saturated rings. The number of aryl methyl sites for hydroxylation is 2. The second-order valence-electron chi connectivity index (χ2n) is 8.57. The Balaban J connectivity index is 0.00000274. The zero-order chi connectivity index (χ0) is 22.9. The van der Waals surface area contributed by atoms with Crippen LogP contribution in [0.5, 0.6) is 0 Å². The fraction of sp³-hybridized carbons (Fsp3) is 0.280. The molecule has 34 heavy (non-hydrogen) atoms. The molecule has 1 saturated heterocycles. The van der Waals surface area contributed by atoms with Crippen LogP contribution in [0, 0.1) is 6.92 Å². The summed E-state index contributed by atoms with van der Waals surface area (Å²) in [5, 5.41) is 8.66. The van der Waals surface area contributed by atoms with Crippen LogP contribution >= 0.6 is 12.4 Å². The third kappa shape index (κ3) is 4.68. The van der Waals surface area contributed by atoms with Crippen molar-refractivity contribution in [1.82, 2.24) is 19.7 Å². The Hall–Kier alpha value is -3.65. The van der Waals surface area contributed by atoms with E-state index >= 15 is 0 Å². The van der Waals surface area contributed by atoms with Crippen molar-refractivity contribution >= 4 is 46.4 Å². The number of hydrogen-bond acceptors (Lipinski definition) is 6. The standard InChI is InChI=1S/C25H27N7O.ClH/c1-16-6-8-19(28-24(16)17-7-9-23(26)27-14-17)25(33)29-21-12-18-15-31(2)30-20(18)13-22(21)32-10-4-3-5-11-32;/h6-9,12-15H,3-5,10-11H2,1-2H3,(H2,26,27)(H,29,33);1H. The molecule has 1 aliphatic heterocycles. The first-order chi connectivity index (χ1) is 16.0. The number of nitrogens with zero attached hydrogens (tertiary/aromatic N) is 5. The molecule has 3 N–H and O–H groups in total. The average molecular weight is 478 g/mol. The summed E-state index contributed by atoms with van der Waals surface area (Å²) in [6, 6.07) is 11.3. The molecular weight excluding hydrogens is 450 g/mol. The smallest absolute Gasteiger partial charge is 0.274 e. The van der Waals surface area contributed by atoms with Crippen molar-refractivity contribution < 1.29 is 4.79 Å². The summed E-state index contributed by atoms with van der Waals surface area (Å²) in [6.07, 6.45) is 7.16. The fourth-order valence-electron chi connectivity index (χ4n) is 4.36. The van der Waals surface area contributed by atoms with Crippen LogP contribution in [0.3, 0.4) is 0 Å². The van der Waals surface area contributed by atoms with E-state index in [1.54, 1.807) is 23.0 Å². The summed E-state index contributed by atoms with van der Waals surface area (Å²) < 4.78 is 1.80. The number of hydrogen-bond donors (Lipinski definition) is 2. The van der Waals surface area contributed by atoms with Crippen LogP contribution < -0.4 is 16.0 Å². The summed E-state index contributed by atoms with van der Waals surface area (Å²) in [5.41, 5.74) is 11.3. The van der Waals surface area contributed by atoms with E-state index in [1.165, 1.54) is 6.42 Å². The van der Waals surface area contributed by atoms with Gasteiger partial charge in [0.25, 0.3) is 5.91 Å². The van der Waals surface area contributed by atoms with Gasteiger partial charge in [-0.05, 0) is 62.1 Å². The van der Waals surface area contributed by atoms with Gasteiger partial charge in [-0.25, -0.2) is 9.97 Å². The normalized spacial score (nSPS) is 13.5. The quantitative estimate of drug-likeness (QED) is 0.446. The highest BCUT2D eigenvalue weighted by Crippen LogP contribution is 2.33. The lowest BCUT2D eigenvalue weighted by Gasteiger charge is -2.30. The molecule has 4 aromatic rings. The average Bonchev–Trinajstić information content (AvgIpc) is 3.19. The van der Waals surface area contributed by atoms with Gasteiger partial charge in [-0.2, -0.15) is 5.10 Å². The molecule has 1 amide bonds. The number of rotatable bonds is 4.